The minimum Gasteiger partial charge on any atom is -0.364 e. The zero-order valence-corrected chi connectivity index (χ0v) is 19.8. The predicted octanol–water partition coefficient (Wildman–Crippen LogP) is 4.49. The number of hydrogen-bond acceptors (Lipinski definition) is 5. The van der Waals surface area contributed by atoms with Crippen LogP contribution in [0.1, 0.15) is 41.7 Å². The second kappa shape index (κ2) is 9.91. The van der Waals surface area contributed by atoms with Crippen molar-refractivity contribution in [1.29, 1.82) is 0 Å². The van der Waals surface area contributed by atoms with Gasteiger partial charge in [0.05, 0.1) is 34.7 Å². The van der Waals surface area contributed by atoms with Gasteiger partial charge in [-0.15, -0.1) is 0 Å². The Morgan fingerprint density at radius 2 is 2.03 bits per heavy atom. The molecule has 7 nitrogen and oxygen atoms in total. The lowest BCUT2D eigenvalue weighted by molar-refractivity contribution is -0.137. The maximum absolute atomic E-state index is 13.0. The molecule has 174 valence electrons. The molecule has 0 bridgehead atoms. The number of benzene rings is 2. The van der Waals surface area contributed by atoms with Gasteiger partial charge in [0.25, 0.3) is 0 Å². The number of rotatable bonds is 7. The number of imidazole rings is 1. The van der Waals surface area contributed by atoms with Crippen molar-refractivity contribution in [2.75, 3.05) is 13.2 Å². The predicted molar refractivity (Wildman–Crippen MR) is 130 cm³/mol. The van der Waals surface area contributed by atoms with E-state index in [1.165, 1.54) is 0 Å². The summed E-state index contributed by atoms with van der Waals surface area (Å²) in [6, 6.07) is 15.6. The summed E-state index contributed by atoms with van der Waals surface area (Å²) >= 11 is 6.11. The van der Waals surface area contributed by atoms with E-state index in [4.69, 9.17) is 21.3 Å². The number of amides is 1. The number of carbonyl (C=O) groups excluding carboxylic acids is 1. The Morgan fingerprint density at radius 1 is 1.15 bits per heavy atom. The molecule has 2 aromatic heterocycles. The van der Waals surface area contributed by atoms with Crippen molar-refractivity contribution in [3.63, 3.8) is 0 Å². The molecule has 1 saturated heterocycles. The molecule has 0 aliphatic carbocycles. The highest BCUT2D eigenvalue weighted by molar-refractivity contribution is 6.30. The zero-order valence-electron chi connectivity index (χ0n) is 19.0. The minimum atomic E-state index is -0.0846. The Labute approximate surface area is 203 Å². The van der Waals surface area contributed by atoms with Crippen LogP contribution in [0.4, 0.5) is 0 Å². The van der Waals surface area contributed by atoms with Crippen LogP contribution >= 0.6 is 11.6 Å². The number of para-hydroxylation sites is 2. The van der Waals surface area contributed by atoms with Crippen LogP contribution in [0, 0.1) is 0 Å². The van der Waals surface area contributed by atoms with Gasteiger partial charge in [0.15, 0.2) is 0 Å². The molecule has 5 rings (SSSR count). The average Bonchev–Trinajstić information content (AvgIpc) is 3.45. The minimum absolute atomic E-state index is 0.00926. The highest BCUT2D eigenvalue weighted by Crippen LogP contribution is 2.31. The van der Waals surface area contributed by atoms with Gasteiger partial charge in [0, 0.05) is 31.2 Å². The van der Waals surface area contributed by atoms with Crippen molar-refractivity contribution < 1.29 is 9.53 Å². The summed E-state index contributed by atoms with van der Waals surface area (Å²) in [6.07, 6.45) is 5.97. The molecular formula is C26H26ClN5O2. The van der Waals surface area contributed by atoms with Crippen molar-refractivity contribution in [2.45, 2.75) is 31.9 Å². The van der Waals surface area contributed by atoms with E-state index in [0.29, 0.717) is 18.0 Å². The SMILES string of the molecule is Cn1c(COCC(=O)N2CCC[C@H]2c2cncc(Cc3cccc(Cl)c3)n2)nc2ccccc21. The van der Waals surface area contributed by atoms with E-state index < -0.39 is 0 Å². The Bertz CT molecular complexity index is 1320. The second-order valence-corrected chi connectivity index (χ2v) is 8.99. The molecule has 1 aliphatic rings. The molecule has 1 aliphatic heterocycles. The number of likely N-dealkylation sites (tertiary alicyclic amines) is 1. The molecule has 0 radical (unpaired) electrons. The lowest BCUT2D eigenvalue weighted by Gasteiger charge is -2.24. The topological polar surface area (TPSA) is 73.1 Å². The van der Waals surface area contributed by atoms with E-state index in [-0.39, 0.29) is 25.2 Å². The van der Waals surface area contributed by atoms with Crippen molar-refractivity contribution in [1.82, 2.24) is 24.4 Å². The first-order valence-electron chi connectivity index (χ1n) is 11.4. The summed E-state index contributed by atoms with van der Waals surface area (Å²) in [5, 5.41) is 0.702. The highest BCUT2D eigenvalue weighted by atomic mass is 35.5. The fourth-order valence-electron chi connectivity index (χ4n) is 4.53. The van der Waals surface area contributed by atoms with Crippen molar-refractivity contribution >= 4 is 28.5 Å². The van der Waals surface area contributed by atoms with Crippen LogP contribution in [0.25, 0.3) is 11.0 Å². The summed E-state index contributed by atoms with van der Waals surface area (Å²) in [5.41, 5.74) is 4.72. The standard InChI is InChI=1S/C26H26ClN5O2/c1-31-23-9-3-2-8-21(23)30-25(31)16-34-17-26(33)32-11-5-10-24(32)22-15-28-14-20(29-22)13-18-6-4-7-19(27)12-18/h2-4,6-9,12,14-15,24H,5,10-11,13,16-17H2,1H3/t24-/m0/s1. The molecule has 0 spiro atoms. The maximum Gasteiger partial charge on any atom is 0.249 e. The normalized spacial score (nSPS) is 15.8. The first-order valence-corrected chi connectivity index (χ1v) is 11.8. The number of ether oxygens (including phenoxy) is 1. The maximum atomic E-state index is 13.0. The number of aromatic nitrogens is 4. The van der Waals surface area contributed by atoms with Gasteiger partial charge < -0.3 is 14.2 Å². The Morgan fingerprint density at radius 3 is 2.88 bits per heavy atom. The van der Waals surface area contributed by atoms with E-state index in [1.807, 2.05) is 65.0 Å². The summed E-state index contributed by atoms with van der Waals surface area (Å²) in [4.78, 5) is 28.7. The van der Waals surface area contributed by atoms with Crippen LogP contribution in [0.5, 0.6) is 0 Å². The number of aryl methyl sites for hydroxylation is 1. The molecule has 4 aromatic rings. The molecule has 0 saturated carbocycles. The van der Waals surface area contributed by atoms with Crippen LogP contribution in [-0.4, -0.2) is 43.5 Å². The van der Waals surface area contributed by atoms with E-state index in [2.05, 4.69) is 9.97 Å². The summed E-state index contributed by atoms with van der Waals surface area (Å²) < 4.78 is 7.78. The fourth-order valence-corrected chi connectivity index (χ4v) is 4.75. The molecule has 3 heterocycles. The Kier molecular flexibility index (Phi) is 6.56. The van der Waals surface area contributed by atoms with E-state index in [1.54, 1.807) is 12.4 Å². The van der Waals surface area contributed by atoms with Gasteiger partial charge in [-0.1, -0.05) is 35.9 Å². The first kappa shape index (κ1) is 22.5. The van der Waals surface area contributed by atoms with Crippen molar-refractivity contribution in [2.24, 2.45) is 7.05 Å². The summed E-state index contributed by atoms with van der Waals surface area (Å²) in [7, 11) is 1.96. The van der Waals surface area contributed by atoms with Crippen molar-refractivity contribution in [3.05, 3.63) is 88.7 Å². The molecule has 8 heteroatoms. The molecule has 34 heavy (non-hydrogen) atoms. The first-order chi connectivity index (χ1) is 16.6. The third kappa shape index (κ3) is 4.81. The molecule has 2 aromatic carbocycles. The lowest BCUT2D eigenvalue weighted by Crippen LogP contribution is -2.34. The Hall–Kier alpha value is -3.29. The number of hydrogen-bond donors (Lipinski definition) is 0. The third-order valence-electron chi connectivity index (χ3n) is 6.23. The fraction of sp³-hybridized carbons (Fsp3) is 0.308. The van der Waals surface area contributed by atoms with Crippen LogP contribution in [0.15, 0.2) is 60.9 Å². The van der Waals surface area contributed by atoms with Crippen molar-refractivity contribution in [3.8, 4) is 0 Å². The lowest BCUT2D eigenvalue weighted by atomic mass is 10.1. The highest BCUT2D eigenvalue weighted by Gasteiger charge is 2.31. The van der Waals surface area contributed by atoms with Gasteiger partial charge in [-0.2, -0.15) is 0 Å². The monoisotopic (exact) mass is 475 g/mol. The molecule has 1 atom stereocenters. The summed E-state index contributed by atoms with van der Waals surface area (Å²) in [5.74, 6) is 0.759. The third-order valence-corrected chi connectivity index (χ3v) is 6.46. The number of fused-ring (bicyclic) bond motifs is 1. The molecule has 0 N–H and O–H groups in total. The molecule has 1 fully saturated rings. The second-order valence-electron chi connectivity index (χ2n) is 8.56. The smallest absolute Gasteiger partial charge is 0.249 e. The van der Waals surface area contributed by atoms with E-state index in [0.717, 1.165) is 46.7 Å². The van der Waals surface area contributed by atoms with Gasteiger partial charge in [-0.05, 0) is 42.7 Å². The van der Waals surface area contributed by atoms with Crippen LogP contribution in [0.2, 0.25) is 5.02 Å². The van der Waals surface area contributed by atoms with Crippen LogP contribution in [-0.2, 0) is 29.6 Å². The van der Waals surface area contributed by atoms with Gasteiger partial charge in [0.2, 0.25) is 5.91 Å². The van der Waals surface area contributed by atoms with E-state index >= 15 is 0 Å². The Balaban J connectivity index is 1.23. The number of halogens is 1. The average molecular weight is 476 g/mol. The number of carbonyl (C=O) groups is 1. The molecule has 0 unspecified atom stereocenters. The zero-order chi connectivity index (χ0) is 23.5. The van der Waals surface area contributed by atoms with Crippen LogP contribution in [0.3, 0.4) is 0 Å². The van der Waals surface area contributed by atoms with Gasteiger partial charge >= 0.3 is 0 Å². The van der Waals surface area contributed by atoms with Gasteiger partial charge in [-0.3, -0.25) is 14.8 Å². The quantitative estimate of drug-likeness (QED) is 0.394. The summed E-state index contributed by atoms with van der Waals surface area (Å²) in [6.45, 7) is 0.985. The molecule has 1 amide bonds. The number of nitrogens with zero attached hydrogens (tertiary/aromatic N) is 5. The molecular weight excluding hydrogens is 450 g/mol. The van der Waals surface area contributed by atoms with E-state index in [9.17, 15) is 4.79 Å². The largest absolute Gasteiger partial charge is 0.364 e. The van der Waals surface area contributed by atoms with Gasteiger partial charge in [-0.25, -0.2) is 4.98 Å². The van der Waals surface area contributed by atoms with Gasteiger partial charge in [0.1, 0.15) is 19.0 Å². The van der Waals surface area contributed by atoms with Crippen LogP contribution < -0.4 is 0 Å².